The summed E-state index contributed by atoms with van der Waals surface area (Å²) < 4.78 is 0.186. The number of rotatable bonds is 3. The molecule has 3 nitrogen and oxygen atoms in total. The SMILES string of the molecule is [K+].[O-]C(Cc1ccccc1)=NNC(=S)S. The van der Waals surface area contributed by atoms with Gasteiger partial charge in [-0.15, -0.1) is 12.6 Å². The number of nitrogens with one attached hydrogen (secondary N) is 1. The van der Waals surface area contributed by atoms with Crippen LogP contribution < -0.4 is 61.9 Å². The average molecular weight is 264 g/mol. The van der Waals surface area contributed by atoms with Crippen LogP contribution >= 0.6 is 24.8 Å². The van der Waals surface area contributed by atoms with Gasteiger partial charge < -0.3 is 5.11 Å². The standard InChI is InChI=1S/C9H10N2OS2.K/c12-8(10-11-9(13)14)6-7-4-2-1-3-5-7;/h1-5H,6H2,(H,10,12)(H2,11,13,14);/q;+1/p-1. The summed E-state index contributed by atoms with van der Waals surface area (Å²) in [5.74, 6) is -0.271. The first kappa shape index (κ1) is 15.6. The van der Waals surface area contributed by atoms with Crippen molar-refractivity contribution in [2.45, 2.75) is 6.42 Å². The fourth-order valence-corrected chi connectivity index (χ4v) is 1.02. The minimum absolute atomic E-state index is 0. The molecule has 6 heteroatoms. The Hall–Kier alpha value is 0.566. The number of hydrazone groups is 1. The van der Waals surface area contributed by atoms with Gasteiger partial charge >= 0.3 is 51.4 Å². The van der Waals surface area contributed by atoms with E-state index in [1.165, 1.54) is 0 Å². The van der Waals surface area contributed by atoms with Gasteiger partial charge in [0.05, 0.1) is 0 Å². The smallest absolute Gasteiger partial charge is 0.860 e. The second-order valence-corrected chi connectivity index (χ2v) is 3.74. The quantitative estimate of drug-likeness (QED) is 0.161. The van der Waals surface area contributed by atoms with Crippen molar-refractivity contribution in [3.63, 3.8) is 0 Å². The molecule has 0 saturated heterocycles. The Bertz CT molecular complexity index is 343. The van der Waals surface area contributed by atoms with Gasteiger partial charge in [-0.05, 0) is 11.5 Å². The first-order valence-corrected chi connectivity index (χ1v) is 4.80. The summed E-state index contributed by atoms with van der Waals surface area (Å²) in [5, 5.41) is 14.7. The Labute approximate surface area is 142 Å². The number of hydrogen-bond acceptors (Lipinski definition) is 3. The summed E-state index contributed by atoms with van der Waals surface area (Å²) in [4.78, 5) is 0. The van der Waals surface area contributed by atoms with E-state index in [1.807, 2.05) is 30.3 Å². The third-order valence-electron chi connectivity index (χ3n) is 1.47. The van der Waals surface area contributed by atoms with E-state index in [-0.39, 0.29) is 68.0 Å². The maximum Gasteiger partial charge on any atom is 1.00 e. The van der Waals surface area contributed by atoms with Crippen molar-refractivity contribution in [2.24, 2.45) is 5.10 Å². The second-order valence-electron chi connectivity index (χ2n) is 2.58. The summed E-state index contributed by atoms with van der Waals surface area (Å²) in [5.41, 5.74) is 3.26. The van der Waals surface area contributed by atoms with Crippen LogP contribution in [0.3, 0.4) is 0 Å². The summed E-state index contributed by atoms with van der Waals surface area (Å²) in [6.07, 6.45) is 0.268. The third kappa shape index (κ3) is 7.45. The minimum Gasteiger partial charge on any atom is -0.860 e. The van der Waals surface area contributed by atoms with Gasteiger partial charge in [-0.1, -0.05) is 42.5 Å². The molecule has 0 unspecified atom stereocenters. The molecule has 0 aromatic heterocycles. The van der Waals surface area contributed by atoms with E-state index in [0.717, 1.165) is 5.56 Å². The molecule has 1 rings (SSSR count). The Kier molecular flexibility index (Phi) is 9.02. The van der Waals surface area contributed by atoms with E-state index in [9.17, 15) is 5.11 Å². The van der Waals surface area contributed by atoms with Gasteiger partial charge in [0, 0.05) is 6.42 Å². The van der Waals surface area contributed by atoms with Crippen molar-refractivity contribution in [3.8, 4) is 0 Å². The number of hydrogen-bond donors (Lipinski definition) is 2. The maximum absolute atomic E-state index is 11.2. The van der Waals surface area contributed by atoms with Crippen molar-refractivity contribution >= 4 is 35.1 Å². The fourth-order valence-electron chi connectivity index (χ4n) is 0.920. The topological polar surface area (TPSA) is 47.5 Å². The second kappa shape index (κ2) is 8.69. The first-order valence-electron chi connectivity index (χ1n) is 3.95. The van der Waals surface area contributed by atoms with E-state index >= 15 is 0 Å². The predicted octanol–water partition coefficient (Wildman–Crippen LogP) is -2.29. The molecule has 1 aromatic carbocycles. The molecule has 1 N–H and O–H groups in total. The average Bonchev–Trinajstić information content (AvgIpc) is 2.16. The summed E-state index contributed by atoms with van der Waals surface area (Å²) in [6, 6.07) is 9.38. The van der Waals surface area contributed by atoms with Crippen molar-refractivity contribution in [3.05, 3.63) is 35.9 Å². The van der Waals surface area contributed by atoms with Crippen LogP contribution in [-0.4, -0.2) is 10.2 Å². The van der Waals surface area contributed by atoms with Crippen molar-refractivity contribution < 1.29 is 56.5 Å². The van der Waals surface area contributed by atoms with Gasteiger partial charge in [0.25, 0.3) is 0 Å². The van der Waals surface area contributed by atoms with Crippen molar-refractivity contribution in [1.29, 1.82) is 0 Å². The Morgan fingerprint density at radius 3 is 2.53 bits per heavy atom. The van der Waals surface area contributed by atoms with Crippen LogP contribution in [0.5, 0.6) is 0 Å². The predicted molar refractivity (Wildman–Crippen MR) is 62.3 cm³/mol. The minimum atomic E-state index is -0.271. The van der Waals surface area contributed by atoms with Crippen molar-refractivity contribution in [2.75, 3.05) is 0 Å². The number of benzene rings is 1. The van der Waals surface area contributed by atoms with Crippen LogP contribution in [0.15, 0.2) is 35.4 Å². The van der Waals surface area contributed by atoms with Gasteiger partial charge in [-0.25, -0.2) is 0 Å². The maximum atomic E-state index is 11.2. The molecule has 0 aliphatic rings. The molecule has 0 bridgehead atoms. The fraction of sp³-hybridized carbons (Fsp3) is 0.111. The Morgan fingerprint density at radius 1 is 1.40 bits per heavy atom. The van der Waals surface area contributed by atoms with Crippen LogP contribution in [0.1, 0.15) is 5.56 Å². The molecule has 0 spiro atoms. The van der Waals surface area contributed by atoms with E-state index in [0.29, 0.717) is 0 Å². The van der Waals surface area contributed by atoms with Crippen LogP contribution in [-0.2, 0) is 6.42 Å². The zero-order chi connectivity index (χ0) is 10.4. The molecular formula is C9H9KN2OS2. The van der Waals surface area contributed by atoms with Crippen LogP contribution in [0.2, 0.25) is 0 Å². The van der Waals surface area contributed by atoms with Crippen molar-refractivity contribution in [1.82, 2.24) is 5.43 Å². The molecule has 0 amide bonds. The zero-order valence-corrected chi connectivity index (χ0v) is 13.1. The molecule has 0 aliphatic heterocycles. The van der Waals surface area contributed by atoms with Gasteiger partial charge in [0.1, 0.15) is 0 Å². The molecule has 0 radical (unpaired) electrons. The number of thiol groups is 1. The van der Waals surface area contributed by atoms with Gasteiger partial charge in [-0.3, -0.25) is 5.43 Å². The van der Waals surface area contributed by atoms with Crippen LogP contribution in [0, 0.1) is 0 Å². The third-order valence-corrected chi connectivity index (χ3v) is 1.67. The molecule has 0 aliphatic carbocycles. The molecule has 0 fully saturated rings. The molecular weight excluding hydrogens is 255 g/mol. The monoisotopic (exact) mass is 264 g/mol. The molecule has 0 atom stereocenters. The Morgan fingerprint density at radius 2 is 2.00 bits per heavy atom. The zero-order valence-electron chi connectivity index (χ0n) is 8.30. The van der Waals surface area contributed by atoms with E-state index in [1.54, 1.807) is 0 Å². The molecule has 0 saturated carbocycles. The normalized spacial score (nSPS) is 10.3. The number of thiocarbonyl (C=S) groups is 1. The van der Waals surface area contributed by atoms with E-state index in [4.69, 9.17) is 0 Å². The Balaban J connectivity index is 0.00000196. The molecule has 0 heterocycles. The molecule has 15 heavy (non-hydrogen) atoms. The summed E-state index contributed by atoms with van der Waals surface area (Å²) in [6.45, 7) is 0. The largest absolute Gasteiger partial charge is 1.00 e. The van der Waals surface area contributed by atoms with E-state index in [2.05, 4.69) is 35.4 Å². The molecule has 1 aromatic rings. The van der Waals surface area contributed by atoms with Crippen LogP contribution in [0.25, 0.3) is 0 Å². The summed E-state index contributed by atoms with van der Waals surface area (Å²) >= 11 is 8.36. The van der Waals surface area contributed by atoms with Gasteiger partial charge in [0.2, 0.25) is 0 Å². The first-order chi connectivity index (χ1) is 6.68. The van der Waals surface area contributed by atoms with Gasteiger partial charge in [0.15, 0.2) is 4.32 Å². The summed E-state index contributed by atoms with van der Waals surface area (Å²) in [7, 11) is 0. The van der Waals surface area contributed by atoms with Crippen LogP contribution in [0.4, 0.5) is 0 Å². The molecule has 74 valence electrons. The van der Waals surface area contributed by atoms with Gasteiger partial charge in [-0.2, -0.15) is 5.10 Å². The number of nitrogens with zero attached hydrogens (tertiary/aromatic N) is 1. The van der Waals surface area contributed by atoms with E-state index < -0.39 is 0 Å².